The van der Waals surface area contributed by atoms with E-state index in [2.05, 4.69) is 4.90 Å². The molecule has 10 aromatic rings. The molecule has 2 aliphatic rings. The molecule has 2 fully saturated rings. The summed E-state index contributed by atoms with van der Waals surface area (Å²) >= 11 is -0.171. The van der Waals surface area contributed by atoms with Crippen LogP contribution in [0.15, 0.2) is 207 Å². The minimum absolute atomic E-state index is 0.00778. The first kappa shape index (κ1) is 52.0. The molecule has 2 amide bonds. The summed E-state index contributed by atoms with van der Waals surface area (Å²) in [4.78, 5) is 63.9. The molecule has 12 rings (SSSR count). The Balaban J connectivity index is 0.000000256. The fraction of sp³-hybridized carbons (Fsp3) is 0.309. The lowest BCUT2D eigenvalue weighted by Gasteiger charge is -2.39. The van der Waals surface area contributed by atoms with Gasteiger partial charge in [0, 0.05) is 130 Å². The van der Waals surface area contributed by atoms with Crippen LogP contribution in [0.3, 0.4) is 0 Å². The maximum atomic E-state index is 15.6. The topological polar surface area (TPSA) is 110 Å². The number of rotatable bonds is 24. The molecular formula is C81H78F10N6O6S2. The van der Waals surface area contributed by atoms with Crippen molar-refractivity contribution < 1.29 is 94.5 Å². The molecule has 4 heterocycles. The summed E-state index contributed by atoms with van der Waals surface area (Å²) in [5.74, 6) is -9.65. The average molecular weight is 1510 g/mol. The van der Waals surface area contributed by atoms with Gasteiger partial charge in [0.1, 0.15) is 13.0 Å². The highest BCUT2D eigenvalue weighted by molar-refractivity contribution is 7.98. The Morgan fingerprint density at radius 1 is 0.524 bits per heavy atom. The third-order valence-electron chi connectivity index (χ3n) is 17.1. The van der Waals surface area contributed by atoms with E-state index in [0.29, 0.717) is 62.3 Å². The molecule has 24 heteroatoms. The number of aromatic nitrogens is 2. The van der Waals surface area contributed by atoms with Crippen molar-refractivity contribution in [2.75, 3.05) is 66.7 Å². The third-order valence-corrected chi connectivity index (χ3v) is 18.7. The number of methoxy groups -OCH3 is 2. The minimum atomic E-state index is -5.38. The van der Waals surface area contributed by atoms with Crippen molar-refractivity contribution in [2.45, 2.75) is 105 Å². The molecule has 0 radical (unpaired) electrons. The average Bonchev–Trinajstić information content (AvgIpc) is 0.712. The summed E-state index contributed by atoms with van der Waals surface area (Å²) in [6.45, 7) is -3.41. The number of pyridine rings is 2. The molecule has 2 aromatic heterocycles. The van der Waals surface area contributed by atoms with E-state index in [4.69, 9.17) is 35.5 Å². The van der Waals surface area contributed by atoms with Gasteiger partial charge in [-0.15, -0.1) is 23.5 Å². The fourth-order valence-electron chi connectivity index (χ4n) is 11.5. The molecule has 8 aromatic carbocycles. The van der Waals surface area contributed by atoms with Crippen LogP contribution in [0, 0.1) is 30.2 Å². The third kappa shape index (κ3) is 19.5. The van der Waals surface area contributed by atoms with Crippen LogP contribution in [-0.2, 0) is 68.9 Å². The van der Waals surface area contributed by atoms with Crippen LogP contribution in [0.2, 0.25) is 0 Å². The maximum absolute atomic E-state index is 15.6. The van der Waals surface area contributed by atoms with Gasteiger partial charge < -0.3 is 38.2 Å². The molecule has 0 spiro atoms. The zero-order valence-electron chi connectivity index (χ0n) is 79.0. The quantitative estimate of drug-likeness (QED) is 0.0428. The Morgan fingerprint density at radius 3 is 1.63 bits per heavy atom. The van der Waals surface area contributed by atoms with Crippen LogP contribution in [-0.4, -0.2) is 119 Å². The zero-order chi connectivity index (χ0) is 94.8. The molecule has 0 N–H and O–H groups in total. The summed E-state index contributed by atoms with van der Waals surface area (Å²) in [6, 6.07) is 1.61. The second-order valence-corrected chi connectivity index (χ2v) is 25.6. The SMILES string of the molecule is [2H]C([2H])(Sc1cc(=O)c2ccccc2n1C([2H])([2H])C(=O)N(Cc1ccc(-c2ccc(C(F)(F)F)cc2)cc1)C1CCN(CCOC)CC1)c1cccc(F)c1F.[2H]c1c([2H])c(F)c(F)c(C([2H])([2H])Sc2c([2H])c(=O)c3c([2H])c(C)c([2H])c([2H])c3n2C([2H])([2H])C(=O)N(Cc2c([2H])c([2H])c(-c3c([2H])c([2H])c(C(F)(F)F)c([2H])c3[2H])c([2H])c2[2H])C2CCN(CCOC)CC2)c1[2H]. The number of piperidine rings is 2. The maximum Gasteiger partial charge on any atom is 0.416 e. The van der Waals surface area contributed by atoms with Crippen molar-refractivity contribution >= 4 is 57.1 Å². The first-order valence-corrected chi connectivity index (χ1v) is 34.0. The second-order valence-electron chi connectivity index (χ2n) is 24.0. The normalized spacial score (nSPS) is 17.9. The number of likely N-dealkylation sites (tertiary alicyclic amines) is 2. The predicted octanol–water partition coefficient (Wildman–Crippen LogP) is 17.1. The summed E-state index contributed by atoms with van der Waals surface area (Å²) < 4.78 is 353. The number of hydrogen-bond donors (Lipinski definition) is 0. The fourth-order valence-corrected chi connectivity index (χ4v) is 13.0. The van der Waals surface area contributed by atoms with E-state index >= 15 is 9.18 Å². The molecule has 0 atom stereocenters. The number of thioether (sulfide) groups is 2. The number of nitrogens with zero attached hydrogens (tertiary/aromatic N) is 6. The molecule has 0 bridgehead atoms. The van der Waals surface area contributed by atoms with Crippen molar-refractivity contribution in [1.82, 2.24) is 28.7 Å². The number of ether oxygens (including phenoxy) is 2. The van der Waals surface area contributed by atoms with Crippen molar-refractivity contribution in [3.8, 4) is 22.3 Å². The Morgan fingerprint density at radius 2 is 1.05 bits per heavy atom. The molecular weight excluding hydrogens is 1410 g/mol. The summed E-state index contributed by atoms with van der Waals surface area (Å²) in [5.41, 5.74) is -15.6. The van der Waals surface area contributed by atoms with E-state index in [1.165, 1.54) is 36.3 Å². The van der Waals surface area contributed by atoms with Crippen LogP contribution in [0.4, 0.5) is 43.9 Å². The van der Waals surface area contributed by atoms with Gasteiger partial charge in [-0.2, -0.15) is 26.3 Å². The van der Waals surface area contributed by atoms with Crippen molar-refractivity contribution in [3.05, 3.63) is 270 Å². The molecule has 105 heavy (non-hydrogen) atoms. The Kier molecular flexibility index (Phi) is 17.3. The van der Waals surface area contributed by atoms with E-state index < -0.39 is 259 Å². The number of para-hydroxylation sites is 1. The highest BCUT2D eigenvalue weighted by atomic mass is 32.2. The van der Waals surface area contributed by atoms with Gasteiger partial charge in [0.2, 0.25) is 11.8 Å². The lowest BCUT2D eigenvalue weighted by Crippen LogP contribution is -2.48. The number of carbonyl (C=O) groups excluding carboxylic acids is 2. The van der Waals surface area contributed by atoms with Crippen LogP contribution >= 0.6 is 23.5 Å². The van der Waals surface area contributed by atoms with E-state index in [9.17, 15) is 59.4 Å². The molecule has 0 aliphatic carbocycles. The number of amides is 2. The van der Waals surface area contributed by atoms with Crippen molar-refractivity contribution in [3.63, 3.8) is 0 Å². The molecule has 12 nitrogen and oxygen atoms in total. The summed E-state index contributed by atoms with van der Waals surface area (Å²) in [6.07, 6.45) is -8.92. The highest BCUT2D eigenvalue weighted by Gasteiger charge is 2.34. The zero-order valence-corrected chi connectivity index (χ0v) is 57.7. The van der Waals surface area contributed by atoms with Gasteiger partial charge >= 0.3 is 12.4 Å². The van der Waals surface area contributed by atoms with Crippen molar-refractivity contribution in [2.24, 2.45) is 0 Å². The number of carbonyl (C=O) groups is 2. The van der Waals surface area contributed by atoms with Gasteiger partial charge in [0.25, 0.3) is 0 Å². The van der Waals surface area contributed by atoms with E-state index in [0.717, 1.165) is 52.8 Å². The molecule has 550 valence electrons. The minimum Gasteiger partial charge on any atom is -0.383 e. The van der Waals surface area contributed by atoms with Crippen LogP contribution in [0.1, 0.15) is 96.2 Å². The molecule has 0 saturated carbocycles. The van der Waals surface area contributed by atoms with Gasteiger partial charge in [-0.1, -0.05) is 121 Å². The first-order valence-electron chi connectivity index (χ1n) is 43.9. The number of fused-ring (bicyclic) bond motifs is 2. The lowest BCUT2D eigenvalue weighted by atomic mass is 10.00. The smallest absolute Gasteiger partial charge is 0.383 e. The summed E-state index contributed by atoms with van der Waals surface area (Å²) in [7, 11) is 3.05. The van der Waals surface area contributed by atoms with Crippen LogP contribution < -0.4 is 10.9 Å². The van der Waals surface area contributed by atoms with Gasteiger partial charge in [-0.25, -0.2) is 17.6 Å². The van der Waals surface area contributed by atoms with Gasteiger partial charge in [0.05, 0.1) is 71.5 Å². The van der Waals surface area contributed by atoms with E-state index in [1.807, 2.05) is 4.90 Å². The van der Waals surface area contributed by atoms with Gasteiger partial charge in [-0.05, 0) is 127 Å². The Labute approximate surface area is 642 Å². The Hall–Kier alpha value is -9.04. The van der Waals surface area contributed by atoms with Crippen LogP contribution in [0.5, 0.6) is 0 Å². The monoisotopic (exact) mass is 1510 g/mol. The molecule has 2 aliphatic heterocycles. The lowest BCUT2D eigenvalue weighted by molar-refractivity contribution is -0.138. The Bertz CT molecular complexity index is 6040. The highest BCUT2D eigenvalue weighted by Crippen LogP contribution is 2.36. The predicted molar refractivity (Wildman–Crippen MR) is 391 cm³/mol. The van der Waals surface area contributed by atoms with Crippen LogP contribution in [0.25, 0.3) is 44.1 Å². The van der Waals surface area contributed by atoms with Gasteiger partial charge in [-0.3, -0.25) is 19.2 Å². The van der Waals surface area contributed by atoms with Gasteiger partial charge in [0.15, 0.2) is 34.1 Å². The standard InChI is InChI=1S/C41H40F5N3O3S.C40H38F5N3O3S/c1-27-6-15-36-34(22-27)37(50)23-39(53-26-31-4-3-5-35(42)40(31)43)49(36)25-38(51)48(33-16-18-47(19-17-33)20-21-52-2)24-28-7-9-29(10-8-28)30-11-13-32(14-12-30)41(44,45)46;1-51-22-21-46-19-17-32(18-20-46)47(24-27-9-11-28(12-10-27)29-13-15-31(16-14-29)40(43,44)45)37(50)25-48-35-8-3-2-6-33(35)36(49)23-38(48)52-26-30-5-4-7-34(41)39(30)42/h3-15,22-23,33H,16-21,24-26H2,1-2H3;2-16,23,32H,17-22,24-26H2,1H3/i3D,4D,5D,6D,7D,8D,9D,10D,11D,12D,13D,14D,15D,22D,23D,25D2,26D2;25D2,26D2. The van der Waals surface area contributed by atoms with E-state index in [1.54, 1.807) is 43.5 Å². The van der Waals surface area contributed by atoms with Crippen molar-refractivity contribution in [1.29, 1.82) is 0 Å². The molecule has 2 saturated heterocycles. The molecule has 0 unspecified atom stereocenters. The number of halogens is 10. The largest absolute Gasteiger partial charge is 0.416 e. The second kappa shape index (κ2) is 34.9. The number of hydrogen-bond acceptors (Lipinski definition) is 10. The number of alkyl halides is 6. The first-order chi connectivity index (χ1) is 59.7. The summed E-state index contributed by atoms with van der Waals surface area (Å²) in [5, 5.41) is -2.44. The van der Waals surface area contributed by atoms with E-state index in [-0.39, 0.29) is 76.9 Å². The number of benzene rings is 8.